The van der Waals surface area contributed by atoms with Crippen molar-refractivity contribution in [2.24, 2.45) is 0 Å². The Bertz CT molecular complexity index is 790. The van der Waals surface area contributed by atoms with Crippen LogP contribution in [0.5, 0.6) is 0 Å². The zero-order valence-corrected chi connectivity index (χ0v) is 12.2. The van der Waals surface area contributed by atoms with E-state index in [0.717, 1.165) is 17.7 Å². The summed E-state index contributed by atoms with van der Waals surface area (Å²) in [5.41, 5.74) is 2.54. The summed E-state index contributed by atoms with van der Waals surface area (Å²) in [6.45, 7) is 0.499. The molecule has 0 spiro atoms. The molecule has 2 aromatic rings. The molecule has 0 radical (unpaired) electrons. The summed E-state index contributed by atoms with van der Waals surface area (Å²) < 4.78 is 25.9. The van der Waals surface area contributed by atoms with Crippen LogP contribution in [0, 0.1) is 11.6 Å². The van der Waals surface area contributed by atoms with Crippen molar-refractivity contribution in [3.8, 4) is 0 Å². The lowest BCUT2D eigenvalue weighted by atomic mass is 10.1. The summed E-state index contributed by atoms with van der Waals surface area (Å²) in [5.74, 6) is -2.24. The van der Waals surface area contributed by atoms with E-state index >= 15 is 0 Å². The highest BCUT2D eigenvalue weighted by Gasteiger charge is 2.19. The van der Waals surface area contributed by atoms with E-state index in [1.54, 1.807) is 18.2 Å². The number of carbonyl (C=O) groups is 2. The molecule has 118 valence electrons. The molecule has 0 fully saturated rings. The Kier molecular flexibility index (Phi) is 4.06. The number of amides is 2. The fourth-order valence-corrected chi connectivity index (χ4v) is 2.47. The first-order chi connectivity index (χ1) is 11.0. The number of nitrogens with one attached hydrogen (secondary N) is 2. The zero-order chi connectivity index (χ0) is 16.4. The molecule has 23 heavy (non-hydrogen) atoms. The minimum Gasteiger partial charge on any atom is -0.348 e. The number of hydrogen-bond acceptors (Lipinski definition) is 2. The molecule has 0 atom stereocenters. The Labute approximate surface area is 131 Å². The van der Waals surface area contributed by atoms with Crippen molar-refractivity contribution < 1.29 is 18.4 Å². The van der Waals surface area contributed by atoms with Crippen molar-refractivity contribution in [2.45, 2.75) is 19.4 Å². The van der Waals surface area contributed by atoms with Gasteiger partial charge in [0.2, 0.25) is 5.91 Å². The number of hydrogen-bond donors (Lipinski definition) is 2. The third kappa shape index (κ3) is 3.36. The van der Waals surface area contributed by atoms with Crippen molar-refractivity contribution in [3.05, 3.63) is 64.7 Å². The summed E-state index contributed by atoms with van der Waals surface area (Å²) in [4.78, 5) is 23.5. The Morgan fingerprint density at radius 1 is 1.13 bits per heavy atom. The Morgan fingerprint density at radius 3 is 2.74 bits per heavy atom. The van der Waals surface area contributed by atoms with E-state index in [4.69, 9.17) is 0 Å². The third-order valence-electron chi connectivity index (χ3n) is 3.70. The van der Waals surface area contributed by atoms with Crippen LogP contribution in [0.3, 0.4) is 0 Å². The minimum absolute atomic E-state index is 0.133. The SMILES string of the molecule is O=C(CCc1ccc(F)c(F)c1)Nc1ccc2c(c1)C(=O)NC2. The summed E-state index contributed by atoms with van der Waals surface area (Å²) in [5, 5.41) is 5.41. The van der Waals surface area contributed by atoms with Gasteiger partial charge in [-0.1, -0.05) is 12.1 Å². The molecule has 2 amide bonds. The predicted octanol–water partition coefficient (Wildman–Crippen LogP) is 2.78. The lowest BCUT2D eigenvalue weighted by Crippen LogP contribution is -2.14. The molecule has 0 bridgehead atoms. The molecule has 2 N–H and O–H groups in total. The molecule has 3 rings (SSSR count). The number of halogens is 2. The van der Waals surface area contributed by atoms with Crippen LogP contribution in [0.1, 0.15) is 27.9 Å². The van der Waals surface area contributed by atoms with Crippen LogP contribution in [0.2, 0.25) is 0 Å². The summed E-state index contributed by atoms with van der Waals surface area (Å²) in [6.07, 6.45) is 0.433. The summed E-state index contributed by atoms with van der Waals surface area (Å²) in [6, 6.07) is 8.73. The predicted molar refractivity (Wildman–Crippen MR) is 80.9 cm³/mol. The average Bonchev–Trinajstić information content (AvgIpc) is 2.90. The lowest BCUT2D eigenvalue weighted by molar-refractivity contribution is -0.116. The van der Waals surface area contributed by atoms with E-state index < -0.39 is 11.6 Å². The molecular formula is C17H14F2N2O2. The van der Waals surface area contributed by atoms with Crippen molar-refractivity contribution in [3.63, 3.8) is 0 Å². The van der Waals surface area contributed by atoms with Gasteiger partial charge in [0.25, 0.3) is 5.91 Å². The fraction of sp³-hybridized carbons (Fsp3) is 0.176. The Hall–Kier alpha value is -2.76. The van der Waals surface area contributed by atoms with E-state index in [1.165, 1.54) is 6.07 Å². The van der Waals surface area contributed by atoms with Gasteiger partial charge < -0.3 is 10.6 Å². The van der Waals surface area contributed by atoms with Crippen LogP contribution in [0.25, 0.3) is 0 Å². The van der Waals surface area contributed by atoms with Gasteiger partial charge in [0.1, 0.15) is 0 Å². The smallest absolute Gasteiger partial charge is 0.251 e. The van der Waals surface area contributed by atoms with Gasteiger partial charge in [0.05, 0.1) is 0 Å². The molecule has 1 aliphatic rings. The first kappa shape index (κ1) is 15.1. The number of aryl methyl sites for hydroxylation is 1. The number of carbonyl (C=O) groups excluding carboxylic acids is 2. The van der Waals surface area contributed by atoms with Crippen molar-refractivity contribution >= 4 is 17.5 Å². The van der Waals surface area contributed by atoms with Crippen molar-refractivity contribution in [1.29, 1.82) is 0 Å². The van der Waals surface area contributed by atoms with E-state index in [-0.39, 0.29) is 18.2 Å². The van der Waals surface area contributed by atoms with Gasteiger partial charge in [-0.2, -0.15) is 0 Å². The van der Waals surface area contributed by atoms with E-state index in [1.807, 2.05) is 0 Å². The number of fused-ring (bicyclic) bond motifs is 1. The minimum atomic E-state index is -0.924. The highest BCUT2D eigenvalue weighted by molar-refractivity contribution is 6.00. The molecular weight excluding hydrogens is 302 g/mol. The van der Waals surface area contributed by atoms with E-state index in [2.05, 4.69) is 10.6 Å². The molecule has 0 aromatic heterocycles. The second-order valence-corrected chi connectivity index (χ2v) is 5.35. The van der Waals surface area contributed by atoms with Gasteiger partial charge in [0.15, 0.2) is 11.6 Å². The summed E-state index contributed by atoms with van der Waals surface area (Å²) in [7, 11) is 0. The lowest BCUT2D eigenvalue weighted by Gasteiger charge is -2.07. The number of anilines is 1. The van der Waals surface area contributed by atoms with Gasteiger partial charge >= 0.3 is 0 Å². The summed E-state index contributed by atoms with van der Waals surface area (Å²) >= 11 is 0. The fourth-order valence-electron chi connectivity index (χ4n) is 2.47. The zero-order valence-electron chi connectivity index (χ0n) is 12.2. The quantitative estimate of drug-likeness (QED) is 0.911. The Morgan fingerprint density at radius 2 is 1.96 bits per heavy atom. The maximum absolute atomic E-state index is 13.1. The molecule has 4 nitrogen and oxygen atoms in total. The first-order valence-corrected chi connectivity index (χ1v) is 7.18. The normalized spacial score (nSPS) is 12.7. The molecule has 1 aliphatic heterocycles. The van der Waals surface area contributed by atoms with Crippen LogP contribution < -0.4 is 10.6 Å². The molecule has 0 aliphatic carbocycles. The van der Waals surface area contributed by atoms with Gasteiger partial charge in [-0.05, 0) is 41.8 Å². The van der Waals surface area contributed by atoms with Crippen LogP contribution in [-0.2, 0) is 17.8 Å². The molecule has 0 unspecified atom stereocenters. The number of rotatable bonds is 4. The molecule has 0 saturated carbocycles. The molecule has 6 heteroatoms. The third-order valence-corrected chi connectivity index (χ3v) is 3.70. The average molecular weight is 316 g/mol. The standard InChI is InChI=1S/C17H14F2N2O2/c18-14-5-1-10(7-15(14)19)2-6-16(22)21-12-4-3-11-9-20-17(23)13(11)8-12/h1,3-5,7-8H,2,6,9H2,(H,20,23)(H,21,22). The Balaban J connectivity index is 1.60. The molecule has 1 heterocycles. The van der Waals surface area contributed by atoms with Crippen molar-refractivity contribution in [1.82, 2.24) is 5.32 Å². The highest BCUT2D eigenvalue weighted by Crippen LogP contribution is 2.20. The van der Waals surface area contributed by atoms with Gasteiger partial charge in [-0.3, -0.25) is 9.59 Å². The maximum atomic E-state index is 13.1. The van der Waals surface area contributed by atoms with Crippen LogP contribution in [0.4, 0.5) is 14.5 Å². The second kappa shape index (κ2) is 6.16. The molecule has 2 aromatic carbocycles. The highest BCUT2D eigenvalue weighted by atomic mass is 19.2. The van der Waals surface area contributed by atoms with Crippen molar-refractivity contribution in [2.75, 3.05) is 5.32 Å². The van der Waals surface area contributed by atoms with Gasteiger partial charge in [-0.25, -0.2) is 8.78 Å². The maximum Gasteiger partial charge on any atom is 0.251 e. The van der Waals surface area contributed by atoms with Crippen LogP contribution >= 0.6 is 0 Å². The monoisotopic (exact) mass is 316 g/mol. The van der Waals surface area contributed by atoms with Crippen LogP contribution in [0.15, 0.2) is 36.4 Å². The van der Waals surface area contributed by atoms with Gasteiger partial charge in [-0.15, -0.1) is 0 Å². The number of benzene rings is 2. The largest absolute Gasteiger partial charge is 0.348 e. The van der Waals surface area contributed by atoms with Gasteiger partial charge in [0, 0.05) is 24.2 Å². The van der Waals surface area contributed by atoms with Crippen LogP contribution in [-0.4, -0.2) is 11.8 Å². The second-order valence-electron chi connectivity index (χ2n) is 5.35. The molecule has 0 saturated heterocycles. The van der Waals surface area contributed by atoms with E-state index in [9.17, 15) is 18.4 Å². The van der Waals surface area contributed by atoms with E-state index in [0.29, 0.717) is 29.8 Å². The first-order valence-electron chi connectivity index (χ1n) is 7.18. The topological polar surface area (TPSA) is 58.2 Å².